The number of hydrogen-bond donors (Lipinski definition) is 1. The van der Waals surface area contributed by atoms with Crippen LogP contribution in [0.15, 0.2) is 22.9 Å². The van der Waals surface area contributed by atoms with E-state index in [2.05, 4.69) is 31.1 Å². The summed E-state index contributed by atoms with van der Waals surface area (Å²) in [4.78, 5) is 18.5. The van der Waals surface area contributed by atoms with Crippen molar-refractivity contribution in [2.45, 2.75) is 25.7 Å². The van der Waals surface area contributed by atoms with Crippen LogP contribution in [-0.4, -0.2) is 42.0 Å². The van der Waals surface area contributed by atoms with Crippen molar-refractivity contribution < 1.29 is 4.79 Å². The molecule has 0 radical (unpaired) electrons. The summed E-state index contributed by atoms with van der Waals surface area (Å²) in [6.45, 7) is 3.95. The van der Waals surface area contributed by atoms with Crippen LogP contribution in [0, 0.1) is 0 Å². The maximum absolute atomic E-state index is 12.0. The van der Waals surface area contributed by atoms with E-state index in [0.29, 0.717) is 16.7 Å². The van der Waals surface area contributed by atoms with E-state index < -0.39 is 0 Å². The SMILES string of the molecule is O=C(NCCN1CCCCCC1)c1cccnc1Br. The van der Waals surface area contributed by atoms with Gasteiger partial charge < -0.3 is 10.2 Å². The van der Waals surface area contributed by atoms with Crippen molar-refractivity contribution in [3.8, 4) is 0 Å². The van der Waals surface area contributed by atoms with Crippen molar-refractivity contribution in [1.82, 2.24) is 15.2 Å². The minimum absolute atomic E-state index is 0.0604. The van der Waals surface area contributed by atoms with Gasteiger partial charge in [-0.3, -0.25) is 4.79 Å². The van der Waals surface area contributed by atoms with Crippen LogP contribution in [0.25, 0.3) is 0 Å². The summed E-state index contributed by atoms with van der Waals surface area (Å²) < 4.78 is 0.599. The molecular weight excluding hydrogens is 306 g/mol. The molecule has 1 aromatic heterocycles. The Labute approximate surface area is 122 Å². The van der Waals surface area contributed by atoms with Crippen LogP contribution in [0.1, 0.15) is 36.0 Å². The molecule has 0 unspecified atom stereocenters. The van der Waals surface area contributed by atoms with Gasteiger partial charge in [0.05, 0.1) is 5.56 Å². The Morgan fingerprint density at radius 3 is 2.74 bits per heavy atom. The number of nitrogens with one attached hydrogen (secondary N) is 1. The molecular formula is C14H20BrN3O. The second-order valence-electron chi connectivity index (χ2n) is 4.85. The third kappa shape index (κ3) is 4.58. The van der Waals surface area contributed by atoms with E-state index in [-0.39, 0.29) is 5.91 Å². The Morgan fingerprint density at radius 1 is 1.32 bits per heavy atom. The molecule has 0 saturated carbocycles. The lowest BCUT2D eigenvalue weighted by molar-refractivity contribution is 0.0947. The Kier molecular flexibility index (Phi) is 5.79. The minimum Gasteiger partial charge on any atom is -0.351 e. The number of rotatable bonds is 4. The van der Waals surface area contributed by atoms with Gasteiger partial charge >= 0.3 is 0 Å². The molecule has 2 heterocycles. The molecule has 1 amide bonds. The molecule has 1 fully saturated rings. The summed E-state index contributed by atoms with van der Waals surface area (Å²) in [5.74, 6) is -0.0604. The van der Waals surface area contributed by atoms with Gasteiger partial charge in [-0.2, -0.15) is 0 Å². The molecule has 104 valence electrons. The first kappa shape index (κ1) is 14.5. The van der Waals surface area contributed by atoms with Gasteiger partial charge in [-0.15, -0.1) is 0 Å². The zero-order valence-corrected chi connectivity index (χ0v) is 12.7. The van der Waals surface area contributed by atoms with E-state index in [4.69, 9.17) is 0 Å². The predicted octanol–water partition coefficient (Wildman–Crippen LogP) is 2.45. The summed E-state index contributed by atoms with van der Waals surface area (Å²) in [5, 5.41) is 2.96. The van der Waals surface area contributed by atoms with Crippen LogP contribution in [0.2, 0.25) is 0 Å². The van der Waals surface area contributed by atoms with E-state index in [0.717, 1.165) is 19.6 Å². The first-order valence-corrected chi connectivity index (χ1v) is 7.68. The zero-order valence-electron chi connectivity index (χ0n) is 11.1. The number of halogens is 1. The van der Waals surface area contributed by atoms with E-state index >= 15 is 0 Å². The molecule has 0 atom stereocenters. The van der Waals surface area contributed by atoms with E-state index in [9.17, 15) is 4.79 Å². The fourth-order valence-corrected chi connectivity index (χ4v) is 2.77. The maximum atomic E-state index is 12.0. The molecule has 0 aliphatic carbocycles. The molecule has 2 rings (SSSR count). The van der Waals surface area contributed by atoms with E-state index in [1.807, 2.05) is 0 Å². The van der Waals surface area contributed by atoms with Crippen LogP contribution in [-0.2, 0) is 0 Å². The lowest BCUT2D eigenvalue weighted by Gasteiger charge is -2.19. The molecule has 4 nitrogen and oxygen atoms in total. The van der Waals surface area contributed by atoms with Gasteiger partial charge in [-0.25, -0.2) is 4.98 Å². The normalized spacial score (nSPS) is 16.9. The quantitative estimate of drug-likeness (QED) is 0.865. The fourth-order valence-electron chi connectivity index (χ4n) is 2.34. The monoisotopic (exact) mass is 325 g/mol. The number of pyridine rings is 1. The highest BCUT2D eigenvalue weighted by molar-refractivity contribution is 9.10. The zero-order chi connectivity index (χ0) is 13.5. The summed E-state index contributed by atoms with van der Waals surface area (Å²) in [6.07, 6.45) is 6.90. The Hall–Kier alpha value is -0.940. The molecule has 1 aliphatic heterocycles. The number of aromatic nitrogens is 1. The summed E-state index contributed by atoms with van der Waals surface area (Å²) in [5.41, 5.74) is 0.596. The third-order valence-electron chi connectivity index (χ3n) is 3.42. The van der Waals surface area contributed by atoms with Crippen molar-refractivity contribution in [1.29, 1.82) is 0 Å². The molecule has 1 aliphatic rings. The van der Waals surface area contributed by atoms with Crippen molar-refractivity contribution in [3.63, 3.8) is 0 Å². The third-order valence-corrected chi connectivity index (χ3v) is 4.05. The van der Waals surface area contributed by atoms with Crippen LogP contribution < -0.4 is 5.32 Å². The molecule has 0 spiro atoms. The molecule has 19 heavy (non-hydrogen) atoms. The van der Waals surface area contributed by atoms with E-state index in [1.54, 1.807) is 18.3 Å². The highest BCUT2D eigenvalue weighted by Crippen LogP contribution is 2.12. The molecule has 1 N–H and O–H groups in total. The average molecular weight is 326 g/mol. The van der Waals surface area contributed by atoms with Crippen LogP contribution in [0.3, 0.4) is 0 Å². The highest BCUT2D eigenvalue weighted by atomic mass is 79.9. The number of carbonyl (C=O) groups excluding carboxylic acids is 1. The first-order chi connectivity index (χ1) is 9.27. The van der Waals surface area contributed by atoms with Crippen LogP contribution in [0.5, 0.6) is 0 Å². The number of carbonyl (C=O) groups is 1. The van der Waals surface area contributed by atoms with Gasteiger partial charge in [0.25, 0.3) is 5.91 Å². The number of likely N-dealkylation sites (tertiary alicyclic amines) is 1. The summed E-state index contributed by atoms with van der Waals surface area (Å²) >= 11 is 3.29. The fraction of sp³-hybridized carbons (Fsp3) is 0.571. The summed E-state index contributed by atoms with van der Waals surface area (Å²) in [6, 6.07) is 3.55. The van der Waals surface area contributed by atoms with E-state index in [1.165, 1.54) is 25.7 Å². The maximum Gasteiger partial charge on any atom is 0.254 e. The van der Waals surface area contributed by atoms with Crippen molar-refractivity contribution in [2.24, 2.45) is 0 Å². The van der Waals surface area contributed by atoms with Crippen LogP contribution in [0.4, 0.5) is 0 Å². The highest BCUT2D eigenvalue weighted by Gasteiger charge is 2.11. The summed E-state index contributed by atoms with van der Waals surface area (Å²) in [7, 11) is 0. The molecule has 1 aromatic rings. The Balaban J connectivity index is 1.76. The minimum atomic E-state index is -0.0604. The van der Waals surface area contributed by atoms with Gasteiger partial charge in [0.2, 0.25) is 0 Å². The Bertz CT molecular complexity index is 417. The molecule has 1 saturated heterocycles. The van der Waals surface area contributed by atoms with Gasteiger partial charge in [0, 0.05) is 19.3 Å². The van der Waals surface area contributed by atoms with Crippen LogP contribution >= 0.6 is 15.9 Å². The molecule has 0 aromatic carbocycles. The van der Waals surface area contributed by atoms with Gasteiger partial charge in [0.15, 0.2) is 0 Å². The van der Waals surface area contributed by atoms with Crippen molar-refractivity contribution in [3.05, 3.63) is 28.5 Å². The lowest BCUT2D eigenvalue weighted by Crippen LogP contribution is -2.35. The first-order valence-electron chi connectivity index (χ1n) is 6.88. The second kappa shape index (κ2) is 7.60. The van der Waals surface area contributed by atoms with Gasteiger partial charge in [0.1, 0.15) is 4.60 Å². The number of hydrogen-bond acceptors (Lipinski definition) is 3. The van der Waals surface area contributed by atoms with Gasteiger partial charge in [-0.05, 0) is 54.0 Å². The topological polar surface area (TPSA) is 45.2 Å². The Morgan fingerprint density at radius 2 is 2.05 bits per heavy atom. The second-order valence-corrected chi connectivity index (χ2v) is 5.60. The predicted molar refractivity (Wildman–Crippen MR) is 79.2 cm³/mol. The lowest BCUT2D eigenvalue weighted by atomic mass is 10.2. The molecule has 5 heteroatoms. The molecule has 0 bridgehead atoms. The van der Waals surface area contributed by atoms with Gasteiger partial charge in [-0.1, -0.05) is 12.8 Å². The number of nitrogens with zero attached hydrogens (tertiary/aromatic N) is 2. The smallest absolute Gasteiger partial charge is 0.254 e. The largest absolute Gasteiger partial charge is 0.351 e. The van der Waals surface area contributed by atoms with Crippen molar-refractivity contribution in [2.75, 3.05) is 26.2 Å². The number of amides is 1. The van der Waals surface area contributed by atoms with Crippen molar-refractivity contribution >= 4 is 21.8 Å². The average Bonchev–Trinajstić information content (AvgIpc) is 2.68. The standard InChI is InChI=1S/C14H20BrN3O/c15-13-12(6-5-7-16-13)14(19)17-8-11-18-9-3-1-2-4-10-18/h5-7H,1-4,8-11H2,(H,17,19).